The van der Waals surface area contributed by atoms with Crippen LogP contribution in [0.2, 0.25) is 0 Å². The van der Waals surface area contributed by atoms with Gasteiger partial charge in [-0.2, -0.15) is 5.26 Å². The van der Waals surface area contributed by atoms with Crippen molar-refractivity contribution in [3.8, 4) is 23.1 Å². The molecule has 0 spiro atoms. The number of aromatic nitrogens is 3. The van der Waals surface area contributed by atoms with Crippen molar-refractivity contribution in [1.82, 2.24) is 14.5 Å². The predicted molar refractivity (Wildman–Crippen MR) is 117 cm³/mol. The lowest BCUT2D eigenvalue weighted by Gasteiger charge is -2.06. The van der Waals surface area contributed by atoms with Crippen molar-refractivity contribution < 1.29 is 4.74 Å². The number of anilines is 1. The SMILES string of the molecule is COc1ccc(NC=C2CCn3c2c(C#N)c2ncnc(-c4ccccc4)c23)cc1. The molecule has 6 nitrogen and oxygen atoms in total. The highest BCUT2D eigenvalue weighted by Crippen LogP contribution is 2.39. The average molecular weight is 393 g/mol. The monoisotopic (exact) mass is 393 g/mol. The second kappa shape index (κ2) is 7.37. The number of ether oxygens (including phenoxy) is 1. The highest BCUT2D eigenvalue weighted by Gasteiger charge is 2.28. The number of benzene rings is 2. The fraction of sp³-hybridized carbons (Fsp3) is 0.125. The number of fused-ring (bicyclic) bond motifs is 3. The van der Waals surface area contributed by atoms with Crippen LogP contribution in [0.15, 0.2) is 67.1 Å². The van der Waals surface area contributed by atoms with Crippen LogP contribution < -0.4 is 10.1 Å². The number of nitrogens with one attached hydrogen (secondary N) is 1. The fourth-order valence-electron chi connectivity index (χ4n) is 4.00. The van der Waals surface area contributed by atoms with Crippen LogP contribution in [0.1, 0.15) is 17.7 Å². The largest absolute Gasteiger partial charge is 0.497 e. The first-order valence-corrected chi connectivity index (χ1v) is 9.73. The molecule has 30 heavy (non-hydrogen) atoms. The molecule has 0 bridgehead atoms. The summed E-state index contributed by atoms with van der Waals surface area (Å²) in [5, 5.41) is 13.3. The number of aryl methyl sites for hydroxylation is 1. The van der Waals surface area contributed by atoms with Crippen molar-refractivity contribution in [2.75, 3.05) is 12.4 Å². The normalized spacial score (nSPS) is 13.9. The molecule has 3 heterocycles. The third kappa shape index (κ3) is 2.88. The van der Waals surface area contributed by atoms with Crippen molar-refractivity contribution in [3.05, 3.63) is 78.4 Å². The molecule has 0 radical (unpaired) electrons. The van der Waals surface area contributed by atoms with Crippen molar-refractivity contribution in [3.63, 3.8) is 0 Å². The number of nitriles is 1. The Hall–Kier alpha value is -4.11. The smallest absolute Gasteiger partial charge is 0.119 e. The van der Waals surface area contributed by atoms with Crippen LogP contribution in [0.25, 0.3) is 27.9 Å². The van der Waals surface area contributed by atoms with Gasteiger partial charge in [0.25, 0.3) is 0 Å². The van der Waals surface area contributed by atoms with Crippen molar-refractivity contribution >= 4 is 22.3 Å². The molecule has 2 aromatic heterocycles. The highest BCUT2D eigenvalue weighted by atomic mass is 16.5. The van der Waals surface area contributed by atoms with E-state index in [0.717, 1.165) is 52.4 Å². The molecule has 4 aromatic rings. The average Bonchev–Trinajstić information content (AvgIpc) is 3.36. The topological polar surface area (TPSA) is 75.8 Å². The Morgan fingerprint density at radius 3 is 2.63 bits per heavy atom. The van der Waals surface area contributed by atoms with Gasteiger partial charge in [-0.05, 0) is 36.3 Å². The van der Waals surface area contributed by atoms with Gasteiger partial charge < -0.3 is 14.6 Å². The molecule has 0 unspecified atom stereocenters. The fourth-order valence-corrected chi connectivity index (χ4v) is 4.00. The summed E-state index contributed by atoms with van der Waals surface area (Å²) >= 11 is 0. The van der Waals surface area contributed by atoms with Gasteiger partial charge in [-0.25, -0.2) is 9.97 Å². The zero-order valence-electron chi connectivity index (χ0n) is 16.5. The molecule has 6 heteroatoms. The van der Waals surface area contributed by atoms with E-state index in [9.17, 15) is 5.26 Å². The van der Waals surface area contributed by atoms with E-state index < -0.39 is 0 Å². The minimum absolute atomic E-state index is 0.602. The molecule has 1 aliphatic rings. The van der Waals surface area contributed by atoms with Gasteiger partial charge in [0.15, 0.2) is 0 Å². The molecule has 0 atom stereocenters. The molecular formula is C24H19N5O. The van der Waals surface area contributed by atoms with E-state index in [1.54, 1.807) is 13.4 Å². The zero-order chi connectivity index (χ0) is 20.5. The molecule has 0 fully saturated rings. The first-order valence-electron chi connectivity index (χ1n) is 9.73. The Labute approximate surface area is 174 Å². The second-order valence-corrected chi connectivity index (χ2v) is 7.06. The molecule has 5 rings (SSSR count). The van der Waals surface area contributed by atoms with E-state index in [4.69, 9.17) is 4.74 Å². The number of methoxy groups -OCH3 is 1. The van der Waals surface area contributed by atoms with Gasteiger partial charge in [-0.3, -0.25) is 0 Å². The van der Waals surface area contributed by atoms with Crippen LogP contribution in [0.4, 0.5) is 5.69 Å². The number of allylic oxidation sites excluding steroid dienone is 1. The van der Waals surface area contributed by atoms with Gasteiger partial charge in [0.1, 0.15) is 29.2 Å². The Morgan fingerprint density at radius 2 is 1.90 bits per heavy atom. The maximum Gasteiger partial charge on any atom is 0.119 e. The Balaban J connectivity index is 1.61. The minimum Gasteiger partial charge on any atom is -0.497 e. The summed E-state index contributed by atoms with van der Waals surface area (Å²) in [7, 11) is 1.65. The molecule has 0 saturated carbocycles. The van der Waals surface area contributed by atoms with Crippen molar-refractivity contribution in [1.29, 1.82) is 5.26 Å². The summed E-state index contributed by atoms with van der Waals surface area (Å²) in [4.78, 5) is 9.01. The van der Waals surface area contributed by atoms with E-state index in [0.29, 0.717) is 11.1 Å². The van der Waals surface area contributed by atoms with E-state index in [1.807, 2.05) is 60.8 Å². The summed E-state index contributed by atoms with van der Waals surface area (Å²) in [6.07, 6.45) is 4.36. The van der Waals surface area contributed by atoms with E-state index >= 15 is 0 Å². The van der Waals surface area contributed by atoms with Crippen LogP contribution >= 0.6 is 0 Å². The lowest BCUT2D eigenvalue weighted by Crippen LogP contribution is -1.96. The molecule has 0 saturated heterocycles. The van der Waals surface area contributed by atoms with E-state index in [2.05, 4.69) is 25.9 Å². The number of rotatable bonds is 4. The third-order valence-electron chi connectivity index (χ3n) is 5.41. The van der Waals surface area contributed by atoms with Crippen LogP contribution in [-0.4, -0.2) is 21.6 Å². The summed E-state index contributed by atoms with van der Waals surface area (Å²) in [6.45, 7) is 0.789. The molecule has 0 aliphatic carbocycles. The molecule has 1 N–H and O–H groups in total. The van der Waals surface area contributed by atoms with E-state index in [1.165, 1.54) is 0 Å². The standard InChI is InChI=1S/C24H19N5O/c1-30-19-9-7-18(8-10-19)26-14-17-11-12-29-23(17)20(13-25)22-24(29)21(27-15-28-22)16-5-3-2-4-6-16/h2-10,14-15,26H,11-12H2,1H3. The quantitative estimate of drug-likeness (QED) is 0.537. The number of hydrogen-bond acceptors (Lipinski definition) is 5. The number of nitrogens with zero attached hydrogens (tertiary/aromatic N) is 4. The zero-order valence-corrected chi connectivity index (χ0v) is 16.5. The number of hydrogen-bond donors (Lipinski definition) is 1. The maximum atomic E-state index is 9.93. The maximum absolute atomic E-state index is 9.93. The van der Waals surface area contributed by atoms with Gasteiger partial charge in [0, 0.05) is 24.0 Å². The Bertz CT molecular complexity index is 1300. The lowest BCUT2D eigenvalue weighted by molar-refractivity contribution is 0.415. The van der Waals surface area contributed by atoms with E-state index in [-0.39, 0.29) is 0 Å². The summed E-state index contributed by atoms with van der Waals surface area (Å²) < 4.78 is 7.39. The minimum atomic E-state index is 0.602. The van der Waals surface area contributed by atoms with Crippen LogP contribution in [0.5, 0.6) is 5.75 Å². The molecule has 2 aromatic carbocycles. The summed E-state index contributed by atoms with van der Waals surface area (Å²) in [5.41, 5.74) is 7.06. The Kier molecular flexibility index (Phi) is 4.41. The first kappa shape index (κ1) is 18.0. The predicted octanol–water partition coefficient (Wildman–Crippen LogP) is 4.84. The molecular weight excluding hydrogens is 374 g/mol. The molecule has 1 aliphatic heterocycles. The molecule has 146 valence electrons. The molecule has 0 amide bonds. The van der Waals surface area contributed by atoms with Gasteiger partial charge in [0.2, 0.25) is 0 Å². The Morgan fingerprint density at radius 1 is 1.10 bits per heavy atom. The van der Waals surface area contributed by atoms with Gasteiger partial charge in [-0.1, -0.05) is 30.3 Å². The summed E-state index contributed by atoms with van der Waals surface area (Å²) in [6, 6.07) is 20.2. The second-order valence-electron chi connectivity index (χ2n) is 7.06. The van der Waals surface area contributed by atoms with Crippen LogP contribution in [0, 0.1) is 11.3 Å². The van der Waals surface area contributed by atoms with Gasteiger partial charge in [-0.15, -0.1) is 0 Å². The van der Waals surface area contributed by atoms with Gasteiger partial charge >= 0.3 is 0 Å². The summed E-state index contributed by atoms with van der Waals surface area (Å²) in [5.74, 6) is 0.813. The lowest BCUT2D eigenvalue weighted by atomic mass is 10.1. The van der Waals surface area contributed by atoms with Crippen molar-refractivity contribution in [2.45, 2.75) is 13.0 Å². The van der Waals surface area contributed by atoms with Crippen LogP contribution in [-0.2, 0) is 6.54 Å². The first-order chi connectivity index (χ1) is 14.8. The highest BCUT2D eigenvalue weighted by molar-refractivity contribution is 5.98. The van der Waals surface area contributed by atoms with Crippen molar-refractivity contribution in [2.24, 2.45) is 0 Å². The van der Waals surface area contributed by atoms with Crippen LogP contribution in [0.3, 0.4) is 0 Å². The third-order valence-corrected chi connectivity index (χ3v) is 5.41. The van der Waals surface area contributed by atoms with Gasteiger partial charge in [0.05, 0.1) is 24.0 Å².